The first kappa shape index (κ1) is 13.9. The fourth-order valence-corrected chi connectivity index (χ4v) is 1.51. The Balaban J connectivity index is 3.49. The van der Waals surface area contributed by atoms with Gasteiger partial charge < -0.3 is 15.2 Å². The molecule has 86 valence electrons. The Bertz CT molecular complexity index is 114. The largest absolute Gasteiger partial charge is 0.396 e. The van der Waals surface area contributed by atoms with Crippen molar-refractivity contribution in [3.8, 4) is 0 Å². The lowest BCUT2D eigenvalue weighted by atomic mass is 10.0. The first-order valence-corrected chi connectivity index (χ1v) is 5.58. The van der Waals surface area contributed by atoms with Gasteiger partial charge in [-0.2, -0.15) is 0 Å². The van der Waals surface area contributed by atoms with E-state index in [1.165, 1.54) is 12.8 Å². The Morgan fingerprint density at radius 3 is 2.50 bits per heavy atom. The van der Waals surface area contributed by atoms with E-state index in [4.69, 9.17) is 9.84 Å². The number of methoxy groups -OCH3 is 1. The number of nitrogens with one attached hydrogen (secondary N) is 1. The molecule has 0 aromatic heterocycles. The van der Waals surface area contributed by atoms with Gasteiger partial charge in [-0.3, -0.25) is 0 Å². The highest BCUT2D eigenvalue weighted by Gasteiger charge is 2.07. The van der Waals surface area contributed by atoms with Gasteiger partial charge in [0.15, 0.2) is 0 Å². The molecule has 0 saturated carbocycles. The van der Waals surface area contributed by atoms with Gasteiger partial charge in [-0.15, -0.1) is 0 Å². The molecule has 2 N–H and O–H groups in total. The Morgan fingerprint density at radius 2 is 2.00 bits per heavy atom. The number of hydrogen-bond donors (Lipinski definition) is 2. The lowest BCUT2D eigenvalue weighted by Gasteiger charge is -2.17. The molecule has 0 radical (unpaired) electrons. The number of aliphatic hydroxyl groups excluding tert-OH is 1. The molecule has 0 bridgehead atoms. The van der Waals surface area contributed by atoms with Crippen molar-refractivity contribution in [2.75, 3.05) is 26.8 Å². The molecule has 0 rings (SSSR count). The Labute approximate surface area is 87.8 Å². The molecular weight excluding hydrogens is 178 g/mol. The summed E-state index contributed by atoms with van der Waals surface area (Å²) in [4.78, 5) is 0. The van der Waals surface area contributed by atoms with Crippen LogP contribution >= 0.6 is 0 Å². The summed E-state index contributed by atoms with van der Waals surface area (Å²) in [5.41, 5.74) is 0. The summed E-state index contributed by atoms with van der Waals surface area (Å²) in [5.74, 6) is 0.606. The second kappa shape index (κ2) is 9.44. The smallest absolute Gasteiger partial charge is 0.0667 e. The van der Waals surface area contributed by atoms with Crippen LogP contribution < -0.4 is 5.32 Å². The molecule has 0 aliphatic heterocycles. The van der Waals surface area contributed by atoms with Gasteiger partial charge in [0.05, 0.1) is 6.10 Å². The quantitative estimate of drug-likeness (QED) is 0.595. The zero-order chi connectivity index (χ0) is 10.8. The minimum Gasteiger partial charge on any atom is -0.396 e. The van der Waals surface area contributed by atoms with Crippen molar-refractivity contribution < 1.29 is 9.84 Å². The first-order valence-electron chi connectivity index (χ1n) is 5.58. The minimum absolute atomic E-state index is 0.270. The van der Waals surface area contributed by atoms with E-state index in [0.29, 0.717) is 12.5 Å². The molecular formula is C11H25NO2. The zero-order valence-electron chi connectivity index (χ0n) is 9.75. The van der Waals surface area contributed by atoms with Crippen molar-refractivity contribution in [1.29, 1.82) is 0 Å². The summed E-state index contributed by atoms with van der Waals surface area (Å²) >= 11 is 0. The average Bonchev–Trinajstić information content (AvgIpc) is 2.18. The molecule has 0 aliphatic carbocycles. The van der Waals surface area contributed by atoms with E-state index in [1.807, 2.05) is 6.92 Å². The molecule has 3 nitrogen and oxygen atoms in total. The molecule has 0 fully saturated rings. The normalized spacial score (nSPS) is 15.4. The van der Waals surface area contributed by atoms with Crippen LogP contribution in [-0.4, -0.2) is 38.0 Å². The molecule has 0 saturated heterocycles. The molecule has 14 heavy (non-hydrogen) atoms. The number of aliphatic hydroxyl groups is 1. The number of hydrogen-bond acceptors (Lipinski definition) is 3. The van der Waals surface area contributed by atoms with Crippen LogP contribution in [0.15, 0.2) is 0 Å². The van der Waals surface area contributed by atoms with Crippen LogP contribution in [0.3, 0.4) is 0 Å². The number of ether oxygens (including phenoxy) is 1. The van der Waals surface area contributed by atoms with Gasteiger partial charge in [0, 0.05) is 20.3 Å². The Morgan fingerprint density at radius 1 is 1.29 bits per heavy atom. The van der Waals surface area contributed by atoms with Crippen molar-refractivity contribution in [3.63, 3.8) is 0 Å². The van der Waals surface area contributed by atoms with Crippen molar-refractivity contribution >= 4 is 0 Å². The second-order valence-corrected chi connectivity index (χ2v) is 3.87. The average molecular weight is 203 g/mol. The van der Waals surface area contributed by atoms with E-state index < -0.39 is 0 Å². The minimum atomic E-state index is 0.270. The number of rotatable bonds is 9. The van der Waals surface area contributed by atoms with E-state index in [1.54, 1.807) is 7.11 Å². The zero-order valence-corrected chi connectivity index (χ0v) is 9.75. The van der Waals surface area contributed by atoms with Gasteiger partial charge >= 0.3 is 0 Å². The van der Waals surface area contributed by atoms with E-state index in [-0.39, 0.29) is 6.10 Å². The lowest BCUT2D eigenvalue weighted by Crippen LogP contribution is -2.30. The maximum atomic E-state index is 8.87. The van der Waals surface area contributed by atoms with Gasteiger partial charge in [-0.25, -0.2) is 0 Å². The molecule has 0 aromatic rings. The highest BCUT2D eigenvalue weighted by atomic mass is 16.5. The summed E-state index contributed by atoms with van der Waals surface area (Å²) in [6, 6.07) is 0. The molecule has 2 unspecified atom stereocenters. The van der Waals surface area contributed by atoms with Crippen LogP contribution in [-0.2, 0) is 4.74 Å². The van der Waals surface area contributed by atoms with Gasteiger partial charge in [0.25, 0.3) is 0 Å². The lowest BCUT2D eigenvalue weighted by molar-refractivity contribution is 0.115. The van der Waals surface area contributed by atoms with Crippen molar-refractivity contribution in [1.82, 2.24) is 5.32 Å². The molecule has 3 heteroatoms. The summed E-state index contributed by atoms with van der Waals surface area (Å²) < 4.78 is 5.14. The van der Waals surface area contributed by atoms with E-state index in [0.717, 1.165) is 19.5 Å². The summed E-state index contributed by atoms with van der Waals surface area (Å²) in [7, 11) is 1.73. The van der Waals surface area contributed by atoms with E-state index in [9.17, 15) is 0 Å². The predicted molar refractivity (Wildman–Crippen MR) is 59.4 cm³/mol. The predicted octanol–water partition coefficient (Wildman–Crippen LogP) is 1.41. The van der Waals surface area contributed by atoms with Crippen molar-refractivity contribution in [2.24, 2.45) is 5.92 Å². The fourth-order valence-electron chi connectivity index (χ4n) is 1.51. The van der Waals surface area contributed by atoms with Crippen LogP contribution in [0.25, 0.3) is 0 Å². The fraction of sp³-hybridized carbons (Fsp3) is 1.00. The third-order valence-corrected chi connectivity index (χ3v) is 2.50. The summed E-state index contributed by atoms with van der Waals surface area (Å²) in [6.45, 7) is 6.41. The summed E-state index contributed by atoms with van der Waals surface area (Å²) in [5, 5.41) is 12.2. The SMILES string of the molecule is CCCC(CCO)CNCC(C)OC. The highest BCUT2D eigenvalue weighted by Crippen LogP contribution is 2.09. The van der Waals surface area contributed by atoms with Crippen molar-refractivity contribution in [2.45, 2.75) is 39.2 Å². The molecule has 0 aromatic carbocycles. The molecule has 0 heterocycles. The maximum Gasteiger partial charge on any atom is 0.0667 e. The molecule has 0 spiro atoms. The topological polar surface area (TPSA) is 41.5 Å². The van der Waals surface area contributed by atoms with Crippen LogP contribution in [0.4, 0.5) is 0 Å². The van der Waals surface area contributed by atoms with Crippen molar-refractivity contribution in [3.05, 3.63) is 0 Å². The van der Waals surface area contributed by atoms with E-state index in [2.05, 4.69) is 12.2 Å². The van der Waals surface area contributed by atoms with Gasteiger partial charge in [0.2, 0.25) is 0 Å². The third kappa shape index (κ3) is 7.30. The standard InChI is InChI=1S/C11H25NO2/c1-4-5-11(6-7-13)9-12-8-10(2)14-3/h10-13H,4-9H2,1-3H3. The monoisotopic (exact) mass is 203 g/mol. The van der Waals surface area contributed by atoms with Gasteiger partial charge in [0.1, 0.15) is 0 Å². The Kier molecular flexibility index (Phi) is 9.35. The first-order chi connectivity index (χ1) is 6.74. The molecule has 0 amide bonds. The molecule has 2 atom stereocenters. The van der Waals surface area contributed by atoms with Crippen LogP contribution in [0.1, 0.15) is 33.1 Å². The maximum absolute atomic E-state index is 8.87. The second-order valence-electron chi connectivity index (χ2n) is 3.87. The van der Waals surface area contributed by atoms with Crippen LogP contribution in [0.5, 0.6) is 0 Å². The molecule has 0 aliphatic rings. The van der Waals surface area contributed by atoms with Crippen LogP contribution in [0, 0.1) is 5.92 Å². The van der Waals surface area contributed by atoms with Gasteiger partial charge in [-0.05, 0) is 32.2 Å². The van der Waals surface area contributed by atoms with E-state index >= 15 is 0 Å². The Hall–Kier alpha value is -0.120. The highest BCUT2D eigenvalue weighted by molar-refractivity contribution is 4.63. The third-order valence-electron chi connectivity index (χ3n) is 2.50. The van der Waals surface area contributed by atoms with Gasteiger partial charge in [-0.1, -0.05) is 13.3 Å². The summed E-state index contributed by atoms with van der Waals surface area (Å²) in [6.07, 6.45) is 3.55. The van der Waals surface area contributed by atoms with Crippen LogP contribution in [0.2, 0.25) is 0 Å².